The topological polar surface area (TPSA) is 226 Å². The third-order valence-electron chi connectivity index (χ3n) is 10.6. The third-order valence-corrected chi connectivity index (χ3v) is 10.8. The average Bonchev–Trinajstić information content (AvgIpc) is 3.94. The molecule has 8 rings (SSSR count). The van der Waals surface area contributed by atoms with Crippen LogP contribution in [0.15, 0.2) is 143 Å². The second kappa shape index (κ2) is 19.5. The molecule has 8 aromatic rings. The Morgan fingerprint density at radius 1 is 0.632 bits per heavy atom. The van der Waals surface area contributed by atoms with Crippen LogP contribution in [0.2, 0.25) is 5.02 Å². The van der Waals surface area contributed by atoms with Gasteiger partial charge in [0.25, 0.3) is 22.9 Å². The summed E-state index contributed by atoms with van der Waals surface area (Å²) in [5, 5.41) is 43.8. The van der Waals surface area contributed by atoms with Crippen LogP contribution >= 0.6 is 11.6 Å². The highest BCUT2D eigenvalue weighted by Crippen LogP contribution is 2.31. The van der Waals surface area contributed by atoms with Gasteiger partial charge in [0.05, 0.1) is 23.7 Å². The molecule has 68 heavy (non-hydrogen) atoms. The van der Waals surface area contributed by atoms with E-state index in [9.17, 15) is 52.2 Å². The Labute approximate surface area is 386 Å². The van der Waals surface area contributed by atoms with Crippen LogP contribution in [-0.4, -0.2) is 75.2 Å². The predicted octanol–water partition coefficient (Wildman–Crippen LogP) is 6.73. The Morgan fingerprint density at radius 2 is 1.09 bits per heavy atom. The van der Waals surface area contributed by atoms with Crippen LogP contribution in [0.25, 0.3) is 33.3 Å². The zero-order valence-electron chi connectivity index (χ0n) is 35.4. The number of carbonyl (C=O) groups is 4. The third kappa shape index (κ3) is 10.1. The monoisotopic (exact) mass is 950 g/mol. The van der Waals surface area contributed by atoms with Gasteiger partial charge in [-0.25, -0.2) is 9.36 Å². The number of nitrogens with one attached hydrogen (secondary N) is 2. The van der Waals surface area contributed by atoms with Crippen molar-refractivity contribution in [2.24, 2.45) is 0 Å². The lowest BCUT2D eigenvalue weighted by atomic mass is 10.0. The fraction of sp³-hybridized carbons (Fsp3) is 0.125. The van der Waals surface area contributed by atoms with Crippen molar-refractivity contribution in [1.29, 1.82) is 0 Å². The van der Waals surface area contributed by atoms with E-state index in [1.165, 1.54) is 45.0 Å². The summed E-state index contributed by atoms with van der Waals surface area (Å²) in [6.45, 7) is 0.342. The molecule has 0 aliphatic rings. The Hall–Kier alpha value is -8.58. The second-order valence-electron chi connectivity index (χ2n) is 15.3. The molecule has 2 amide bonds. The first-order valence-corrected chi connectivity index (χ1v) is 20.7. The number of hydrogen-bond donors (Lipinski definition) is 6. The number of benzene rings is 4. The minimum absolute atomic E-state index is 0.0795. The quantitative estimate of drug-likeness (QED) is 0.0757. The van der Waals surface area contributed by atoms with E-state index in [-0.39, 0.29) is 29.1 Å². The Bertz CT molecular complexity index is 3330. The van der Waals surface area contributed by atoms with Crippen molar-refractivity contribution in [3.8, 4) is 33.8 Å². The lowest BCUT2D eigenvalue weighted by Gasteiger charge is -2.16. The van der Waals surface area contributed by atoms with Crippen LogP contribution in [-0.2, 0) is 28.9 Å². The number of carbonyl (C=O) groups excluding carboxylic acids is 2. The van der Waals surface area contributed by atoms with Gasteiger partial charge in [0.1, 0.15) is 34.7 Å². The van der Waals surface area contributed by atoms with Crippen LogP contribution in [0.3, 0.4) is 0 Å². The van der Waals surface area contributed by atoms with Gasteiger partial charge >= 0.3 is 18.1 Å². The van der Waals surface area contributed by atoms with Crippen molar-refractivity contribution in [2.75, 3.05) is 6.54 Å². The van der Waals surface area contributed by atoms with Gasteiger partial charge in [-0.15, -0.1) is 0 Å². The summed E-state index contributed by atoms with van der Waals surface area (Å²) in [6.07, 6.45) is -1.52. The van der Waals surface area contributed by atoms with E-state index in [2.05, 4.69) is 10.6 Å². The van der Waals surface area contributed by atoms with Gasteiger partial charge < -0.3 is 31.1 Å². The van der Waals surface area contributed by atoms with E-state index < -0.39 is 81.8 Å². The first kappa shape index (κ1) is 47.4. The molecule has 20 heteroatoms. The van der Waals surface area contributed by atoms with Crippen molar-refractivity contribution in [1.82, 2.24) is 29.0 Å². The van der Waals surface area contributed by atoms with Crippen molar-refractivity contribution >= 4 is 46.4 Å². The van der Waals surface area contributed by atoms with E-state index in [1.54, 1.807) is 36.5 Å². The highest BCUT2D eigenvalue weighted by Gasteiger charge is 2.31. The molecular formula is C48H38ClF3N6O10. The van der Waals surface area contributed by atoms with E-state index in [4.69, 9.17) is 21.8 Å². The number of alkyl halides is 3. The molecule has 4 heterocycles. The molecule has 4 aromatic heterocycles. The molecule has 0 fully saturated rings. The highest BCUT2D eigenvalue weighted by atomic mass is 35.5. The standard InChI is InChI=1S/C24H20ClN3O5.C24H18F3N3O5/c1-14(24(32)33)26-22(30)20-21(29)19-11-18(25)13-27(19)28(23(20)31)12-15-7-9-17(10-8-15)16-5-3-2-4-6-16;25-24(26,27)17-8-6-14(7-9-17)12-30-23(35)20(22(34)28-11-19(31)32)21(33)18-10-16(13-29(18)30)15-4-2-1-3-5-15/h2-11,13-14,29H,12H2,1H3,(H,26,30)(H,32,33);1-10,13,33H,11-12H2,(H,28,34)(H,31,32)/t14-;/m1./s1. The Kier molecular flexibility index (Phi) is 13.6. The van der Waals surface area contributed by atoms with Crippen LogP contribution in [0.1, 0.15) is 44.3 Å². The molecule has 16 nitrogen and oxygen atoms in total. The van der Waals surface area contributed by atoms with E-state index >= 15 is 0 Å². The molecule has 0 saturated heterocycles. The van der Waals surface area contributed by atoms with Gasteiger partial charge in [0, 0.05) is 18.0 Å². The summed E-state index contributed by atoms with van der Waals surface area (Å²) in [5.41, 5.74) is 0.932. The minimum atomic E-state index is -4.53. The molecule has 0 spiro atoms. The zero-order valence-corrected chi connectivity index (χ0v) is 36.2. The Balaban J connectivity index is 0.000000202. The predicted molar refractivity (Wildman–Crippen MR) is 243 cm³/mol. The number of nitrogens with zero attached hydrogens (tertiary/aromatic N) is 4. The number of amides is 2. The minimum Gasteiger partial charge on any atom is -0.505 e. The maximum absolute atomic E-state index is 13.3. The SMILES string of the molecule is C[C@@H](NC(=O)c1c(O)c2cc(Cl)cn2n(Cc2ccc(-c3ccccc3)cc2)c1=O)C(=O)O.O=C(O)CNC(=O)c1c(O)c2cc(-c3ccccc3)cn2n(Cc2ccc(C(F)(F)F)cc2)c1=O. The summed E-state index contributed by atoms with van der Waals surface area (Å²) in [6, 6.07) is 32.3. The van der Waals surface area contributed by atoms with Gasteiger partial charge in [0.2, 0.25) is 0 Å². The number of aromatic nitrogens is 4. The number of aliphatic carboxylic acids is 2. The van der Waals surface area contributed by atoms with Crippen LogP contribution in [0.5, 0.6) is 11.5 Å². The summed E-state index contributed by atoms with van der Waals surface area (Å²) in [5.74, 6) is -5.92. The molecule has 0 aliphatic carbocycles. The lowest BCUT2D eigenvalue weighted by Crippen LogP contribution is -2.42. The van der Waals surface area contributed by atoms with Crippen molar-refractivity contribution in [2.45, 2.75) is 32.2 Å². The number of hydrogen-bond acceptors (Lipinski definition) is 8. The van der Waals surface area contributed by atoms with Gasteiger partial charge in [-0.2, -0.15) is 13.2 Å². The van der Waals surface area contributed by atoms with Gasteiger partial charge in [-0.05, 0) is 59.0 Å². The second-order valence-corrected chi connectivity index (χ2v) is 15.7. The van der Waals surface area contributed by atoms with Crippen molar-refractivity contribution < 1.29 is 52.8 Å². The van der Waals surface area contributed by atoms with Crippen molar-refractivity contribution in [3.05, 3.63) is 187 Å². The maximum Gasteiger partial charge on any atom is 0.416 e. The van der Waals surface area contributed by atoms with E-state index in [0.717, 1.165) is 39.1 Å². The number of carboxylic acids is 2. The molecule has 0 aliphatic heterocycles. The first-order valence-electron chi connectivity index (χ1n) is 20.3. The number of carboxylic acid groups (broad SMARTS) is 2. The number of halogens is 4. The van der Waals surface area contributed by atoms with E-state index in [1.807, 2.05) is 60.7 Å². The Morgan fingerprint density at radius 3 is 1.59 bits per heavy atom. The smallest absolute Gasteiger partial charge is 0.416 e. The molecule has 0 unspecified atom stereocenters. The number of fused-ring (bicyclic) bond motifs is 2. The summed E-state index contributed by atoms with van der Waals surface area (Å²) in [7, 11) is 0. The summed E-state index contributed by atoms with van der Waals surface area (Å²) < 4.78 is 43.8. The van der Waals surface area contributed by atoms with Crippen LogP contribution in [0, 0.1) is 0 Å². The lowest BCUT2D eigenvalue weighted by molar-refractivity contribution is -0.139. The molecule has 348 valence electrons. The number of aromatic hydroxyl groups is 2. The van der Waals surface area contributed by atoms with Gasteiger partial charge in [0.15, 0.2) is 11.5 Å². The molecule has 4 aromatic carbocycles. The fourth-order valence-corrected chi connectivity index (χ4v) is 7.38. The van der Waals surface area contributed by atoms with Gasteiger partial charge in [-0.1, -0.05) is 109 Å². The summed E-state index contributed by atoms with van der Waals surface area (Å²) >= 11 is 6.10. The average molecular weight is 951 g/mol. The fourth-order valence-electron chi connectivity index (χ4n) is 7.18. The maximum atomic E-state index is 13.3. The molecule has 6 N–H and O–H groups in total. The van der Waals surface area contributed by atoms with Crippen LogP contribution < -0.4 is 21.8 Å². The van der Waals surface area contributed by atoms with Gasteiger partial charge in [-0.3, -0.25) is 37.8 Å². The molecule has 0 bridgehead atoms. The van der Waals surface area contributed by atoms with E-state index in [0.29, 0.717) is 11.1 Å². The normalized spacial score (nSPS) is 11.7. The molecule has 0 radical (unpaired) electrons. The first-order chi connectivity index (χ1) is 32.3. The number of rotatable bonds is 12. The van der Waals surface area contributed by atoms with Crippen LogP contribution in [0.4, 0.5) is 13.2 Å². The zero-order chi connectivity index (χ0) is 49.0. The van der Waals surface area contributed by atoms with Crippen molar-refractivity contribution in [3.63, 3.8) is 0 Å². The molecular weight excluding hydrogens is 913 g/mol. The molecule has 1 atom stereocenters. The molecule has 0 saturated carbocycles. The largest absolute Gasteiger partial charge is 0.505 e. The highest BCUT2D eigenvalue weighted by molar-refractivity contribution is 6.31. The summed E-state index contributed by atoms with van der Waals surface area (Å²) in [4.78, 5) is 73.7.